The number of carbonyl (C=O) groups is 1. The lowest BCUT2D eigenvalue weighted by atomic mass is 10.1. The molecular formula is C26H30N4O3. The van der Waals surface area contributed by atoms with Crippen LogP contribution in [0.25, 0.3) is 0 Å². The molecule has 2 N–H and O–H groups in total. The van der Waals surface area contributed by atoms with E-state index in [-0.39, 0.29) is 18.6 Å². The van der Waals surface area contributed by atoms with Gasteiger partial charge in [0, 0.05) is 30.8 Å². The van der Waals surface area contributed by atoms with Gasteiger partial charge in [-0.15, -0.1) is 0 Å². The number of rotatable bonds is 10. The van der Waals surface area contributed by atoms with Gasteiger partial charge in [0.15, 0.2) is 0 Å². The minimum Gasteiger partial charge on any atom is -0.493 e. The molecule has 0 bridgehead atoms. The first kappa shape index (κ1) is 22.7. The van der Waals surface area contributed by atoms with E-state index in [4.69, 9.17) is 4.74 Å². The molecule has 0 radical (unpaired) electrons. The van der Waals surface area contributed by atoms with Crippen molar-refractivity contribution in [1.29, 1.82) is 0 Å². The van der Waals surface area contributed by atoms with Crippen LogP contribution < -0.4 is 15.0 Å². The highest BCUT2D eigenvalue weighted by Crippen LogP contribution is 2.27. The zero-order valence-electron chi connectivity index (χ0n) is 18.9. The Hall–Kier alpha value is -3.45. The van der Waals surface area contributed by atoms with Gasteiger partial charge in [-0.3, -0.25) is 9.69 Å². The van der Waals surface area contributed by atoms with E-state index < -0.39 is 0 Å². The van der Waals surface area contributed by atoms with Crippen LogP contribution in [-0.4, -0.2) is 46.8 Å². The molecule has 3 aromatic rings. The number of ether oxygens (including phenoxy) is 1. The van der Waals surface area contributed by atoms with Gasteiger partial charge in [0.25, 0.3) is 5.91 Å². The van der Waals surface area contributed by atoms with Crippen molar-refractivity contribution in [1.82, 2.24) is 9.97 Å². The molecule has 1 amide bonds. The molecule has 2 heterocycles. The number of carbonyl (C=O) groups excluding carboxylic acids is 1. The first-order valence-electron chi connectivity index (χ1n) is 11.5. The summed E-state index contributed by atoms with van der Waals surface area (Å²) in [5, 5.41) is 12.4. The van der Waals surface area contributed by atoms with Crippen LogP contribution in [-0.2, 0) is 12.8 Å². The normalized spacial score (nSPS) is 13.2. The lowest BCUT2D eigenvalue weighted by molar-refractivity contribution is 0.0985. The van der Waals surface area contributed by atoms with E-state index in [2.05, 4.69) is 27.4 Å². The van der Waals surface area contributed by atoms with E-state index in [0.29, 0.717) is 30.5 Å². The number of fused-ring (bicyclic) bond motifs is 1. The highest BCUT2D eigenvalue weighted by atomic mass is 16.5. The van der Waals surface area contributed by atoms with Gasteiger partial charge in [0.05, 0.1) is 13.2 Å². The number of anilines is 2. The van der Waals surface area contributed by atoms with Crippen molar-refractivity contribution in [3.05, 3.63) is 77.5 Å². The largest absolute Gasteiger partial charge is 0.493 e. The smallest absolute Gasteiger partial charge is 0.259 e. The van der Waals surface area contributed by atoms with Crippen LogP contribution in [0.15, 0.2) is 60.8 Å². The number of nitrogens with one attached hydrogen (secondary N) is 1. The van der Waals surface area contributed by atoms with Crippen molar-refractivity contribution in [2.75, 3.05) is 30.0 Å². The number of benzene rings is 2. The summed E-state index contributed by atoms with van der Waals surface area (Å²) in [6.07, 6.45) is 5.21. The summed E-state index contributed by atoms with van der Waals surface area (Å²) in [5.74, 6) is 1.69. The monoisotopic (exact) mass is 446 g/mol. The first-order chi connectivity index (χ1) is 16.1. The zero-order valence-corrected chi connectivity index (χ0v) is 18.9. The number of hydrogen-bond donors (Lipinski definition) is 2. The Morgan fingerprint density at radius 3 is 2.85 bits per heavy atom. The summed E-state index contributed by atoms with van der Waals surface area (Å²) in [6.45, 7) is 3.01. The van der Waals surface area contributed by atoms with Gasteiger partial charge in [0.2, 0.25) is 5.95 Å². The molecule has 33 heavy (non-hydrogen) atoms. The maximum Gasteiger partial charge on any atom is 0.259 e. The van der Waals surface area contributed by atoms with Crippen molar-refractivity contribution in [2.45, 2.75) is 38.6 Å². The fraction of sp³-hybridized carbons (Fsp3) is 0.346. The fourth-order valence-electron chi connectivity index (χ4n) is 3.87. The van der Waals surface area contributed by atoms with Gasteiger partial charge in [-0.1, -0.05) is 30.3 Å². The number of nitrogens with zero attached hydrogens (tertiary/aromatic N) is 3. The molecule has 2 aromatic carbocycles. The molecule has 0 fully saturated rings. The maximum absolute atomic E-state index is 13.6. The van der Waals surface area contributed by atoms with E-state index in [1.165, 1.54) is 5.56 Å². The molecule has 0 spiro atoms. The molecule has 7 heteroatoms. The Kier molecular flexibility index (Phi) is 7.52. The first-order valence-corrected chi connectivity index (χ1v) is 11.5. The van der Waals surface area contributed by atoms with Gasteiger partial charge < -0.3 is 15.2 Å². The van der Waals surface area contributed by atoms with Crippen LogP contribution >= 0.6 is 0 Å². The third-order valence-corrected chi connectivity index (χ3v) is 5.69. The predicted octanol–water partition coefficient (Wildman–Crippen LogP) is 3.87. The van der Waals surface area contributed by atoms with Crippen LogP contribution in [0.3, 0.4) is 0 Å². The summed E-state index contributed by atoms with van der Waals surface area (Å²) in [4.78, 5) is 24.1. The quantitative estimate of drug-likeness (QED) is 0.460. The molecule has 4 rings (SSSR count). The number of aliphatic hydroxyl groups is 1. The average Bonchev–Trinajstić information content (AvgIpc) is 3.32. The Labute approximate surface area is 194 Å². The van der Waals surface area contributed by atoms with Crippen LogP contribution in [0, 0.1) is 0 Å². The summed E-state index contributed by atoms with van der Waals surface area (Å²) >= 11 is 0. The second kappa shape index (κ2) is 10.9. The maximum atomic E-state index is 13.6. The molecule has 0 saturated heterocycles. The highest BCUT2D eigenvalue weighted by Gasteiger charge is 2.22. The Bertz CT molecular complexity index is 1070. The second-order valence-electron chi connectivity index (χ2n) is 8.29. The fourth-order valence-corrected chi connectivity index (χ4v) is 3.87. The van der Waals surface area contributed by atoms with E-state index in [1.54, 1.807) is 17.2 Å². The molecule has 0 aliphatic carbocycles. The van der Waals surface area contributed by atoms with Crippen molar-refractivity contribution >= 4 is 17.7 Å². The van der Waals surface area contributed by atoms with Crippen molar-refractivity contribution < 1.29 is 14.6 Å². The van der Waals surface area contributed by atoms with Crippen LogP contribution in [0.2, 0.25) is 0 Å². The molecule has 1 atom stereocenters. The molecule has 0 saturated carbocycles. The van der Waals surface area contributed by atoms with Gasteiger partial charge >= 0.3 is 0 Å². The average molecular weight is 447 g/mol. The van der Waals surface area contributed by atoms with Gasteiger partial charge in [-0.05, 0) is 61.6 Å². The van der Waals surface area contributed by atoms with Crippen molar-refractivity contribution in [3.63, 3.8) is 0 Å². The summed E-state index contributed by atoms with van der Waals surface area (Å²) in [7, 11) is 0. The van der Waals surface area contributed by atoms with Crippen molar-refractivity contribution in [2.24, 2.45) is 0 Å². The van der Waals surface area contributed by atoms with Gasteiger partial charge in [-0.25, -0.2) is 4.98 Å². The zero-order chi connectivity index (χ0) is 23.0. The Balaban J connectivity index is 1.52. The van der Waals surface area contributed by atoms with E-state index in [9.17, 15) is 9.90 Å². The lowest BCUT2D eigenvalue weighted by Crippen LogP contribution is -2.33. The van der Waals surface area contributed by atoms with E-state index in [0.717, 1.165) is 37.0 Å². The van der Waals surface area contributed by atoms with Crippen molar-refractivity contribution in [3.8, 4) is 5.75 Å². The summed E-state index contributed by atoms with van der Waals surface area (Å²) < 4.78 is 5.59. The number of amides is 1. The number of hydrogen-bond acceptors (Lipinski definition) is 6. The molecular weight excluding hydrogens is 416 g/mol. The summed E-state index contributed by atoms with van der Waals surface area (Å²) in [6, 6.07) is 17.5. The predicted molar refractivity (Wildman–Crippen MR) is 129 cm³/mol. The molecule has 1 aliphatic heterocycles. The van der Waals surface area contributed by atoms with E-state index in [1.807, 2.05) is 43.3 Å². The van der Waals surface area contributed by atoms with Crippen LogP contribution in [0.5, 0.6) is 5.75 Å². The SMILES string of the molecule is CC(CO)Nc1nccc(N(CCCCc2ccccc2)C(=O)c2ccc3c(c2)CCO3)n1. The van der Waals surface area contributed by atoms with Gasteiger partial charge in [0.1, 0.15) is 11.6 Å². The topological polar surface area (TPSA) is 87.6 Å². The number of aromatic nitrogens is 2. The van der Waals surface area contributed by atoms with Crippen LogP contribution in [0.1, 0.15) is 41.3 Å². The lowest BCUT2D eigenvalue weighted by Gasteiger charge is -2.23. The Morgan fingerprint density at radius 2 is 2.03 bits per heavy atom. The number of aliphatic hydroxyl groups excluding tert-OH is 1. The molecule has 1 unspecified atom stereocenters. The minimum atomic E-state index is -0.188. The second-order valence-corrected chi connectivity index (χ2v) is 8.29. The van der Waals surface area contributed by atoms with Crippen LogP contribution in [0.4, 0.5) is 11.8 Å². The standard InChI is InChI=1S/C26H30N4O3/c1-19(18-31)28-26-27-14-12-24(29-26)30(15-6-5-9-20-7-3-2-4-8-20)25(32)22-10-11-23-21(17-22)13-16-33-23/h2-4,7-8,10-12,14,17,19,31H,5-6,9,13,15-16,18H2,1H3,(H,27,28,29). The molecule has 1 aliphatic rings. The third kappa shape index (κ3) is 5.87. The van der Waals surface area contributed by atoms with E-state index >= 15 is 0 Å². The highest BCUT2D eigenvalue weighted by molar-refractivity contribution is 6.05. The molecule has 7 nitrogen and oxygen atoms in total. The van der Waals surface area contributed by atoms with Gasteiger partial charge in [-0.2, -0.15) is 4.98 Å². The molecule has 172 valence electrons. The number of unbranched alkanes of at least 4 members (excludes halogenated alkanes) is 1. The molecule has 1 aromatic heterocycles. The third-order valence-electron chi connectivity index (χ3n) is 5.69. The summed E-state index contributed by atoms with van der Waals surface area (Å²) in [5.41, 5.74) is 2.98. The minimum absolute atomic E-state index is 0.0348. The number of aryl methyl sites for hydroxylation is 1. The Morgan fingerprint density at radius 1 is 1.18 bits per heavy atom.